The number of nitriles is 1. The summed E-state index contributed by atoms with van der Waals surface area (Å²) < 4.78 is 11.3. The number of anilines is 2. The van der Waals surface area contributed by atoms with Gasteiger partial charge in [-0.15, -0.1) is 10.2 Å². The second-order valence-corrected chi connectivity index (χ2v) is 8.41. The molecule has 0 aliphatic heterocycles. The van der Waals surface area contributed by atoms with Gasteiger partial charge in [0.2, 0.25) is 11.0 Å². The van der Waals surface area contributed by atoms with Crippen molar-refractivity contribution in [3.05, 3.63) is 64.7 Å². The first-order valence-electron chi connectivity index (χ1n) is 11.0. The van der Waals surface area contributed by atoms with Crippen LogP contribution in [-0.4, -0.2) is 35.2 Å². The molecule has 9 nitrogen and oxygen atoms in total. The minimum Gasteiger partial charge on any atom is -0.490 e. The maximum atomic E-state index is 12.4. The third-order valence-electron chi connectivity index (χ3n) is 4.50. The number of aromatic nitrogens is 2. The summed E-state index contributed by atoms with van der Waals surface area (Å²) in [5, 5.41) is 23.9. The van der Waals surface area contributed by atoms with Crippen LogP contribution in [0.2, 0.25) is 0 Å². The van der Waals surface area contributed by atoms with Crippen LogP contribution in [-0.2, 0) is 16.0 Å². The number of carbonyl (C=O) groups is 2. The number of benzene rings is 2. The molecule has 0 atom stereocenters. The van der Waals surface area contributed by atoms with Crippen LogP contribution in [0.25, 0.3) is 6.08 Å². The lowest BCUT2D eigenvalue weighted by atomic mass is 10.1. The summed E-state index contributed by atoms with van der Waals surface area (Å²) in [5.74, 6) is 0.636. The zero-order valence-corrected chi connectivity index (χ0v) is 20.2. The van der Waals surface area contributed by atoms with E-state index in [2.05, 4.69) is 20.8 Å². The molecule has 3 aromatic rings. The van der Waals surface area contributed by atoms with Gasteiger partial charge in [0.25, 0.3) is 5.91 Å². The Morgan fingerprint density at radius 2 is 1.63 bits per heavy atom. The maximum Gasteiger partial charge on any atom is 0.268 e. The highest BCUT2D eigenvalue weighted by Crippen LogP contribution is 2.19. The summed E-state index contributed by atoms with van der Waals surface area (Å²) in [7, 11) is 0. The third kappa shape index (κ3) is 8.24. The second-order valence-electron chi connectivity index (χ2n) is 7.35. The first kappa shape index (κ1) is 25.4. The molecule has 0 spiro atoms. The summed E-state index contributed by atoms with van der Waals surface area (Å²) >= 11 is 1.30. The SMILES string of the molecule is CCCc1nnc(NC(=O)/C(C#N)=C\c2ccc(OCCOc3ccc(NC(C)=O)cc3)cc2)s1. The van der Waals surface area contributed by atoms with Crippen molar-refractivity contribution in [3.8, 4) is 17.6 Å². The number of aryl methyl sites for hydroxylation is 1. The Hall–Kier alpha value is -4.23. The molecule has 3 rings (SSSR count). The molecular formula is C25H25N5O4S. The van der Waals surface area contributed by atoms with E-state index in [0.29, 0.717) is 41.1 Å². The molecule has 35 heavy (non-hydrogen) atoms. The Morgan fingerprint density at radius 1 is 1.00 bits per heavy atom. The van der Waals surface area contributed by atoms with Gasteiger partial charge in [-0.1, -0.05) is 30.4 Å². The van der Waals surface area contributed by atoms with E-state index in [1.165, 1.54) is 24.3 Å². The van der Waals surface area contributed by atoms with Crippen LogP contribution in [0.4, 0.5) is 10.8 Å². The summed E-state index contributed by atoms with van der Waals surface area (Å²) in [6.45, 7) is 4.16. The van der Waals surface area contributed by atoms with Crippen molar-refractivity contribution in [1.82, 2.24) is 10.2 Å². The lowest BCUT2D eigenvalue weighted by Crippen LogP contribution is -2.13. The van der Waals surface area contributed by atoms with Gasteiger partial charge < -0.3 is 14.8 Å². The molecule has 0 unspecified atom stereocenters. The topological polar surface area (TPSA) is 126 Å². The minimum absolute atomic E-state index is 0.0381. The van der Waals surface area contributed by atoms with Crippen molar-refractivity contribution in [3.63, 3.8) is 0 Å². The highest BCUT2D eigenvalue weighted by molar-refractivity contribution is 7.15. The smallest absolute Gasteiger partial charge is 0.268 e. The van der Waals surface area contributed by atoms with Crippen molar-refractivity contribution in [2.24, 2.45) is 0 Å². The minimum atomic E-state index is -0.533. The van der Waals surface area contributed by atoms with E-state index in [1.54, 1.807) is 48.5 Å². The quantitative estimate of drug-likeness (QED) is 0.230. The monoisotopic (exact) mass is 491 g/mol. The van der Waals surface area contributed by atoms with Gasteiger partial charge in [0.05, 0.1) is 0 Å². The number of ether oxygens (including phenoxy) is 2. The van der Waals surface area contributed by atoms with Gasteiger partial charge in [-0.05, 0) is 54.5 Å². The van der Waals surface area contributed by atoms with E-state index < -0.39 is 5.91 Å². The molecule has 2 amide bonds. The van der Waals surface area contributed by atoms with Crippen LogP contribution in [0.3, 0.4) is 0 Å². The highest BCUT2D eigenvalue weighted by Gasteiger charge is 2.12. The maximum absolute atomic E-state index is 12.4. The molecule has 0 saturated carbocycles. The molecule has 0 bridgehead atoms. The predicted octanol–water partition coefficient (Wildman–Crippen LogP) is 4.45. The summed E-state index contributed by atoms with van der Waals surface area (Å²) in [6, 6.07) is 16.0. The zero-order valence-electron chi connectivity index (χ0n) is 19.4. The van der Waals surface area contributed by atoms with Gasteiger partial charge in [-0.3, -0.25) is 14.9 Å². The normalized spacial score (nSPS) is 10.8. The van der Waals surface area contributed by atoms with E-state index in [4.69, 9.17) is 9.47 Å². The molecule has 1 aromatic heterocycles. The zero-order chi connectivity index (χ0) is 25.0. The van der Waals surface area contributed by atoms with Gasteiger partial charge in [0, 0.05) is 19.0 Å². The Labute approximate surface area is 207 Å². The molecule has 180 valence electrons. The molecule has 10 heteroatoms. The Balaban J connectivity index is 1.47. The molecule has 0 saturated heterocycles. The Kier molecular flexibility index (Phi) is 9.33. The van der Waals surface area contributed by atoms with Crippen molar-refractivity contribution in [2.75, 3.05) is 23.8 Å². The van der Waals surface area contributed by atoms with E-state index in [1.807, 2.05) is 13.0 Å². The molecule has 2 aromatic carbocycles. The summed E-state index contributed by atoms with van der Waals surface area (Å²) in [4.78, 5) is 23.5. The van der Waals surface area contributed by atoms with Crippen molar-refractivity contribution in [1.29, 1.82) is 5.26 Å². The Bertz CT molecular complexity index is 1210. The van der Waals surface area contributed by atoms with E-state index in [9.17, 15) is 14.9 Å². The fraction of sp³-hybridized carbons (Fsp3) is 0.240. The van der Waals surface area contributed by atoms with Crippen LogP contribution < -0.4 is 20.1 Å². The van der Waals surface area contributed by atoms with Crippen LogP contribution in [0.15, 0.2) is 54.1 Å². The fourth-order valence-electron chi connectivity index (χ4n) is 2.92. The van der Waals surface area contributed by atoms with Gasteiger partial charge >= 0.3 is 0 Å². The lowest BCUT2D eigenvalue weighted by Gasteiger charge is -2.09. The molecule has 2 N–H and O–H groups in total. The third-order valence-corrected chi connectivity index (χ3v) is 5.40. The van der Waals surface area contributed by atoms with Crippen molar-refractivity contribution >= 4 is 40.0 Å². The number of carbonyl (C=O) groups excluding carboxylic acids is 2. The molecule has 0 aliphatic carbocycles. The van der Waals surface area contributed by atoms with Crippen LogP contribution in [0.5, 0.6) is 11.5 Å². The number of hydrogen-bond acceptors (Lipinski definition) is 8. The van der Waals surface area contributed by atoms with Crippen molar-refractivity contribution in [2.45, 2.75) is 26.7 Å². The van der Waals surface area contributed by atoms with Gasteiger partial charge in [0.15, 0.2) is 0 Å². The molecule has 0 fully saturated rings. The number of nitrogens with zero attached hydrogens (tertiary/aromatic N) is 3. The summed E-state index contributed by atoms with van der Waals surface area (Å²) in [6.07, 6.45) is 3.23. The van der Waals surface area contributed by atoms with Crippen molar-refractivity contribution < 1.29 is 19.1 Å². The lowest BCUT2D eigenvalue weighted by molar-refractivity contribution is -0.114. The average molecular weight is 492 g/mol. The predicted molar refractivity (Wildman–Crippen MR) is 134 cm³/mol. The summed E-state index contributed by atoms with van der Waals surface area (Å²) in [5.41, 5.74) is 1.35. The van der Waals surface area contributed by atoms with Gasteiger partial charge in [-0.2, -0.15) is 5.26 Å². The van der Waals surface area contributed by atoms with E-state index in [-0.39, 0.29) is 11.5 Å². The van der Waals surface area contributed by atoms with Crippen LogP contribution >= 0.6 is 11.3 Å². The molecule has 1 heterocycles. The van der Waals surface area contributed by atoms with Crippen LogP contribution in [0, 0.1) is 11.3 Å². The average Bonchev–Trinajstić information content (AvgIpc) is 3.28. The van der Waals surface area contributed by atoms with E-state index in [0.717, 1.165) is 17.8 Å². The van der Waals surface area contributed by atoms with Gasteiger partial charge in [-0.25, -0.2) is 0 Å². The van der Waals surface area contributed by atoms with Gasteiger partial charge in [0.1, 0.15) is 41.4 Å². The number of hydrogen-bond donors (Lipinski definition) is 2. The molecule has 0 radical (unpaired) electrons. The Morgan fingerprint density at radius 3 is 2.20 bits per heavy atom. The standard InChI is InChI=1S/C25H25N5O4S/c1-3-4-23-29-30-25(35-23)28-24(32)19(16-26)15-18-5-9-21(10-6-18)33-13-14-34-22-11-7-20(8-12-22)27-17(2)31/h5-12,15H,3-4,13-14H2,1-2H3,(H,27,31)(H,28,30,32)/b19-15-. The number of rotatable bonds is 11. The largest absolute Gasteiger partial charge is 0.490 e. The fourth-order valence-corrected chi connectivity index (χ4v) is 3.75. The first-order chi connectivity index (χ1) is 17.0. The molecule has 0 aliphatic rings. The second kappa shape index (κ2) is 12.9. The number of amides is 2. The first-order valence-corrected chi connectivity index (χ1v) is 11.8. The van der Waals surface area contributed by atoms with Crippen LogP contribution in [0.1, 0.15) is 30.8 Å². The van der Waals surface area contributed by atoms with E-state index >= 15 is 0 Å². The molecular weight excluding hydrogens is 466 g/mol. The highest BCUT2D eigenvalue weighted by atomic mass is 32.1. The number of nitrogens with one attached hydrogen (secondary N) is 2.